The Labute approximate surface area is 170 Å². The molecule has 0 aliphatic carbocycles. The van der Waals surface area contributed by atoms with E-state index in [1.165, 1.54) is 11.4 Å². The van der Waals surface area contributed by atoms with E-state index in [1.54, 1.807) is 42.5 Å². The van der Waals surface area contributed by atoms with Crippen LogP contribution in [0.3, 0.4) is 0 Å². The van der Waals surface area contributed by atoms with Gasteiger partial charge < -0.3 is 10.1 Å². The van der Waals surface area contributed by atoms with E-state index in [0.29, 0.717) is 42.4 Å². The van der Waals surface area contributed by atoms with Crippen molar-refractivity contribution in [3.05, 3.63) is 53.1 Å². The standard InChI is InChI=1S/C20H23ClN2O4S/c1-14-12-18(19(27-2)13-17(14)21)22-20(24)15-8-10-23(11-9-15)28(25,26)16-6-4-3-5-7-16/h3-7,12-13,15H,8-11H2,1-2H3,(H,22,24). The molecular weight excluding hydrogens is 400 g/mol. The van der Waals surface area contributed by atoms with Gasteiger partial charge in [0.05, 0.1) is 17.7 Å². The smallest absolute Gasteiger partial charge is 0.243 e. The summed E-state index contributed by atoms with van der Waals surface area (Å²) in [5.41, 5.74) is 1.40. The number of hydrogen-bond donors (Lipinski definition) is 1. The summed E-state index contributed by atoms with van der Waals surface area (Å²) in [7, 11) is -2.01. The van der Waals surface area contributed by atoms with E-state index in [0.717, 1.165) is 5.56 Å². The second-order valence-electron chi connectivity index (χ2n) is 6.78. The third-order valence-electron chi connectivity index (χ3n) is 4.94. The van der Waals surface area contributed by atoms with Crippen LogP contribution in [-0.2, 0) is 14.8 Å². The van der Waals surface area contributed by atoms with Crippen molar-refractivity contribution in [3.63, 3.8) is 0 Å². The van der Waals surface area contributed by atoms with Crippen molar-refractivity contribution in [3.8, 4) is 5.75 Å². The number of methoxy groups -OCH3 is 1. The number of sulfonamides is 1. The molecule has 0 spiro atoms. The van der Waals surface area contributed by atoms with Gasteiger partial charge in [-0.2, -0.15) is 4.31 Å². The lowest BCUT2D eigenvalue weighted by Crippen LogP contribution is -2.41. The van der Waals surface area contributed by atoms with Crippen molar-refractivity contribution in [1.29, 1.82) is 0 Å². The maximum Gasteiger partial charge on any atom is 0.243 e. The Bertz CT molecular complexity index is 956. The Balaban J connectivity index is 1.66. The number of amides is 1. The highest BCUT2D eigenvalue weighted by Crippen LogP contribution is 2.32. The van der Waals surface area contributed by atoms with E-state index in [2.05, 4.69) is 5.32 Å². The van der Waals surface area contributed by atoms with Crippen LogP contribution < -0.4 is 10.1 Å². The molecule has 1 aliphatic heterocycles. The Morgan fingerprint density at radius 3 is 2.43 bits per heavy atom. The molecule has 28 heavy (non-hydrogen) atoms. The summed E-state index contributed by atoms with van der Waals surface area (Å²) >= 11 is 6.10. The molecule has 3 rings (SSSR count). The summed E-state index contributed by atoms with van der Waals surface area (Å²) < 4.78 is 32.1. The molecule has 1 amide bonds. The average Bonchev–Trinajstić information content (AvgIpc) is 2.71. The molecule has 150 valence electrons. The number of anilines is 1. The quantitative estimate of drug-likeness (QED) is 0.797. The number of nitrogens with one attached hydrogen (secondary N) is 1. The summed E-state index contributed by atoms with van der Waals surface area (Å²) in [5.74, 6) is 0.0905. The first-order valence-corrected chi connectivity index (χ1v) is 10.8. The zero-order valence-electron chi connectivity index (χ0n) is 15.8. The molecule has 0 radical (unpaired) electrons. The van der Waals surface area contributed by atoms with Gasteiger partial charge >= 0.3 is 0 Å². The van der Waals surface area contributed by atoms with Gasteiger partial charge in [0.25, 0.3) is 0 Å². The molecule has 0 bridgehead atoms. The highest BCUT2D eigenvalue weighted by Gasteiger charge is 2.32. The van der Waals surface area contributed by atoms with Gasteiger partial charge in [-0.15, -0.1) is 0 Å². The van der Waals surface area contributed by atoms with E-state index in [4.69, 9.17) is 16.3 Å². The normalized spacial score (nSPS) is 16.0. The molecule has 0 aromatic heterocycles. The summed E-state index contributed by atoms with van der Waals surface area (Å²) in [5, 5.41) is 3.46. The van der Waals surface area contributed by atoms with Crippen LogP contribution in [0.15, 0.2) is 47.4 Å². The zero-order chi connectivity index (χ0) is 20.3. The number of halogens is 1. The molecule has 1 N–H and O–H groups in total. The van der Waals surface area contributed by atoms with Crippen molar-refractivity contribution in [2.45, 2.75) is 24.7 Å². The fraction of sp³-hybridized carbons (Fsp3) is 0.350. The summed E-state index contributed by atoms with van der Waals surface area (Å²) in [6, 6.07) is 11.8. The lowest BCUT2D eigenvalue weighted by Gasteiger charge is -2.30. The van der Waals surface area contributed by atoms with Crippen LogP contribution in [0.4, 0.5) is 5.69 Å². The van der Waals surface area contributed by atoms with Crippen LogP contribution in [0.2, 0.25) is 5.02 Å². The number of benzene rings is 2. The van der Waals surface area contributed by atoms with Crippen LogP contribution in [-0.4, -0.2) is 38.8 Å². The van der Waals surface area contributed by atoms with Crippen LogP contribution in [0.25, 0.3) is 0 Å². The number of aryl methyl sites for hydroxylation is 1. The van der Waals surface area contributed by atoms with Crippen molar-refractivity contribution in [2.24, 2.45) is 5.92 Å². The third-order valence-corrected chi connectivity index (χ3v) is 7.26. The molecule has 8 heteroatoms. The predicted molar refractivity (Wildman–Crippen MR) is 109 cm³/mol. The fourth-order valence-corrected chi connectivity index (χ4v) is 4.91. The first-order chi connectivity index (χ1) is 13.3. The Morgan fingerprint density at radius 2 is 1.82 bits per heavy atom. The van der Waals surface area contributed by atoms with E-state index in [9.17, 15) is 13.2 Å². The van der Waals surface area contributed by atoms with Crippen molar-refractivity contribution >= 4 is 33.2 Å². The number of ether oxygens (including phenoxy) is 1. The SMILES string of the molecule is COc1cc(Cl)c(C)cc1NC(=O)C1CCN(S(=O)(=O)c2ccccc2)CC1. The molecule has 1 heterocycles. The van der Waals surface area contributed by atoms with Crippen LogP contribution >= 0.6 is 11.6 Å². The molecule has 0 atom stereocenters. The number of carbonyl (C=O) groups excluding carboxylic acids is 1. The maximum atomic E-state index is 12.7. The Morgan fingerprint density at radius 1 is 1.18 bits per heavy atom. The van der Waals surface area contributed by atoms with Gasteiger partial charge in [0.2, 0.25) is 15.9 Å². The van der Waals surface area contributed by atoms with Crippen molar-refractivity contribution in [1.82, 2.24) is 4.31 Å². The second-order valence-corrected chi connectivity index (χ2v) is 9.13. The second kappa shape index (κ2) is 8.51. The zero-order valence-corrected chi connectivity index (χ0v) is 17.4. The molecule has 2 aromatic carbocycles. The van der Waals surface area contributed by atoms with Gasteiger partial charge in [-0.05, 0) is 43.5 Å². The predicted octanol–water partition coefficient (Wildman–Crippen LogP) is 3.70. The number of carbonyl (C=O) groups is 1. The number of rotatable bonds is 5. The maximum absolute atomic E-state index is 12.7. The van der Waals surface area contributed by atoms with Gasteiger partial charge in [-0.1, -0.05) is 29.8 Å². The van der Waals surface area contributed by atoms with Crippen LogP contribution in [0.1, 0.15) is 18.4 Å². The lowest BCUT2D eigenvalue weighted by molar-refractivity contribution is -0.120. The molecule has 6 nitrogen and oxygen atoms in total. The van der Waals surface area contributed by atoms with E-state index >= 15 is 0 Å². The summed E-state index contributed by atoms with van der Waals surface area (Å²) in [6.07, 6.45) is 0.930. The monoisotopic (exact) mass is 422 g/mol. The molecule has 1 aliphatic rings. The van der Waals surface area contributed by atoms with Crippen molar-refractivity contribution in [2.75, 3.05) is 25.5 Å². The van der Waals surface area contributed by atoms with E-state index < -0.39 is 10.0 Å². The van der Waals surface area contributed by atoms with E-state index in [-0.39, 0.29) is 16.7 Å². The van der Waals surface area contributed by atoms with Crippen LogP contribution in [0, 0.1) is 12.8 Å². The first-order valence-electron chi connectivity index (χ1n) is 9.03. The molecular formula is C20H23ClN2O4S. The largest absolute Gasteiger partial charge is 0.495 e. The van der Waals surface area contributed by atoms with Crippen molar-refractivity contribution < 1.29 is 17.9 Å². The number of piperidine rings is 1. The van der Waals surface area contributed by atoms with Gasteiger partial charge in [0.15, 0.2) is 0 Å². The van der Waals surface area contributed by atoms with Crippen LogP contribution in [0.5, 0.6) is 5.75 Å². The molecule has 1 saturated heterocycles. The van der Waals surface area contributed by atoms with Gasteiger partial charge in [0, 0.05) is 30.1 Å². The number of hydrogen-bond acceptors (Lipinski definition) is 4. The minimum Gasteiger partial charge on any atom is -0.495 e. The van der Waals surface area contributed by atoms with Gasteiger partial charge in [0.1, 0.15) is 5.75 Å². The Hall–Kier alpha value is -2.09. The lowest BCUT2D eigenvalue weighted by atomic mass is 9.97. The van der Waals surface area contributed by atoms with Gasteiger partial charge in [-0.25, -0.2) is 8.42 Å². The fourth-order valence-electron chi connectivity index (χ4n) is 3.26. The van der Waals surface area contributed by atoms with Gasteiger partial charge in [-0.3, -0.25) is 4.79 Å². The topological polar surface area (TPSA) is 75.7 Å². The molecule has 1 fully saturated rings. The first kappa shape index (κ1) is 20.6. The molecule has 2 aromatic rings. The minimum absolute atomic E-state index is 0.142. The summed E-state index contributed by atoms with van der Waals surface area (Å²) in [4.78, 5) is 13.0. The minimum atomic E-state index is -3.52. The highest BCUT2D eigenvalue weighted by molar-refractivity contribution is 7.89. The number of nitrogens with zero attached hydrogens (tertiary/aromatic N) is 1. The highest BCUT2D eigenvalue weighted by atomic mass is 35.5. The molecule has 0 unspecified atom stereocenters. The molecule has 0 saturated carbocycles. The third kappa shape index (κ3) is 4.32. The Kier molecular flexibility index (Phi) is 6.27. The summed E-state index contributed by atoms with van der Waals surface area (Å²) in [6.45, 7) is 2.47. The van der Waals surface area contributed by atoms with E-state index in [1.807, 2.05) is 6.92 Å². The average molecular weight is 423 g/mol.